The van der Waals surface area contributed by atoms with E-state index in [-0.39, 0.29) is 0 Å². The van der Waals surface area contributed by atoms with Crippen molar-refractivity contribution in [2.45, 2.75) is 0 Å². The summed E-state index contributed by atoms with van der Waals surface area (Å²) in [4.78, 5) is 4.77. The van der Waals surface area contributed by atoms with Crippen LogP contribution in [0.25, 0.3) is 85.9 Å². The Balaban J connectivity index is 0.830. The van der Waals surface area contributed by atoms with E-state index in [1.807, 2.05) is 23.5 Å². The molecule has 0 spiro atoms. The molecule has 0 unspecified atom stereocenters. The first-order valence-corrected chi connectivity index (χ1v) is 23.2. The summed E-state index contributed by atoms with van der Waals surface area (Å²) in [7, 11) is 0. The van der Waals surface area contributed by atoms with Crippen LogP contribution in [0.4, 0.5) is 34.1 Å². The zero-order chi connectivity index (χ0) is 43.6. The number of nitrogens with zero attached hydrogens (tertiary/aromatic N) is 2. The fourth-order valence-electron chi connectivity index (χ4n) is 9.83. The van der Waals surface area contributed by atoms with Gasteiger partial charge in [-0.05, 0) is 118 Å². The largest absolute Gasteiger partial charge is 0.456 e. The Hall–Kier alpha value is -8.44. The van der Waals surface area contributed by atoms with E-state index in [0.717, 1.165) is 61.6 Å². The van der Waals surface area contributed by atoms with Crippen molar-refractivity contribution in [2.24, 2.45) is 0 Å². The third-order valence-corrected chi connectivity index (χ3v) is 14.2. The Labute approximate surface area is 386 Å². The van der Waals surface area contributed by atoms with Crippen molar-refractivity contribution in [3.63, 3.8) is 0 Å². The molecule has 13 rings (SSSR count). The maximum Gasteiger partial charge on any atom is 0.135 e. The van der Waals surface area contributed by atoms with E-state index >= 15 is 0 Å². The molecule has 0 fully saturated rings. The van der Waals surface area contributed by atoms with Gasteiger partial charge in [0, 0.05) is 64.5 Å². The number of para-hydroxylation sites is 1. The minimum absolute atomic E-state index is 0.886. The second-order valence-electron chi connectivity index (χ2n) is 16.9. The number of rotatable bonds is 8. The van der Waals surface area contributed by atoms with E-state index in [2.05, 4.69) is 240 Å². The van der Waals surface area contributed by atoms with Gasteiger partial charge in [-0.1, -0.05) is 158 Å². The predicted octanol–water partition coefficient (Wildman–Crippen LogP) is 18.5. The van der Waals surface area contributed by atoms with Crippen molar-refractivity contribution in [3.05, 3.63) is 243 Å². The Bertz CT molecular complexity index is 3670. The highest BCUT2D eigenvalue weighted by Crippen LogP contribution is 2.45. The van der Waals surface area contributed by atoms with E-state index in [1.165, 1.54) is 58.4 Å². The Kier molecular flexibility index (Phi) is 9.03. The van der Waals surface area contributed by atoms with Gasteiger partial charge in [-0.25, -0.2) is 0 Å². The minimum Gasteiger partial charge on any atom is -0.456 e. The third kappa shape index (κ3) is 6.50. The highest BCUT2D eigenvalue weighted by molar-refractivity contribution is 7.25. The molecule has 2 aromatic heterocycles. The average molecular weight is 861 g/mol. The third-order valence-electron chi connectivity index (χ3n) is 13.1. The summed E-state index contributed by atoms with van der Waals surface area (Å²) in [6, 6.07) is 87.7. The Morgan fingerprint density at radius 3 is 1.27 bits per heavy atom. The van der Waals surface area contributed by atoms with Crippen molar-refractivity contribution >= 4 is 109 Å². The predicted molar refractivity (Wildman–Crippen MR) is 282 cm³/mol. The molecule has 4 heteroatoms. The van der Waals surface area contributed by atoms with Crippen LogP contribution in [0.1, 0.15) is 0 Å². The second kappa shape index (κ2) is 15.7. The Morgan fingerprint density at radius 2 is 0.682 bits per heavy atom. The average Bonchev–Trinajstić information content (AvgIpc) is 3.95. The first-order chi connectivity index (χ1) is 32.7. The van der Waals surface area contributed by atoms with Gasteiger partial charge in [0.15, 0.2) is 0 Å². The van der Waals surface area contributed by atoms with Gasteiger partial charge in [-0.2, -0.15) is 0 Å². The van der Waals surface area contributed by atoms with Crippen molar-refractivity contribution in [1.29, 1.82) is 0 Å². The molecule has 0 saturated carbocycles. The lowest BCUT2D eigenvalue weighted by atomic mass is 9.99. The number of hydrogen-bond donors (Lipinski definition) is 0. The molecular formula is C62H40N2OS. The summed E-state index contributed by atoms with van der Waals surface area (Å²) < 4.78 is 8.84. The summed E-state index contributed by atoms with van der Waals surface area (Å²) in [5.41, 5.74) is 13.2. The smallest absolute Gasteiger partial charge is 0.135 e. The molecule has 3 nitrogen and oxygen atoms in total. The van der Waals surface area contributed by atoms with Gasteiger partial charge in [0.1, 0.15) is 11.2 Å². The van der Waals surface area contributed by atoms with Crippen molar-refractivity contribution in [1.82, 2.24) is 0 Å². The molecule has 0 aliphatic rings. The normalized spacial score (nSPS) is 11.6. The lowest BCUT2D eigenvalue weighted by Crippen LogP contribution is -2.10. The molecule has 2 heterocycles. The van der Waals surface area contributed by atoms with E-state index in [4.69, 9.17) is 4.42 Å². The molecule has 0 radical (unpaired) electrons. The number of fused-ring (bicyclic) bond motifs is 8. The van der Waals surface area contributed by atoms with Gasteiger partial charge in [0.2, 0.25) is 0 Å². The lowest BCUT2D eigenvalue weighted by molar-refractivity contribution is 0.669. The minimum atomic E-state index is 0.886. The van der Waals surface area contributed by atoms with Gasteiger partial charge in [0.05, 0.1) is 11.4 Å². The van der Waals surface area contributed by atoms with Crippen LogP contribution < -0.4 is 9.80 Å². The molecule has 0 amide bonds. The van der Waals surface area contributed by atoms with Gasteiger partial charge in [-0.15, -0.1) is 11.3 Å². The fraction of sp³-hybridized carbons (Fsp3) is 0. The van der Waals surface area contributed by atoms with Gasteiger partial charge < -0.3 is 14.2 Å². The van der Waals surface area contributed by atoms with Crippen molar-refractivity contribution in [3.8, 4) is 22.3 Å². The topological polar surface area (TPSA) is 19.6 Å². The van der Waals surface area contributed by atoms with Crippen LogP contribution in [-0.4, -0.2) is 0 Å². The monoisotopic (exact) mass is 860 g/mol. The fourth-order valence-corrected chi connectivity index (χ4v) is 10.9. The summed E-state index contributed by atoms with van der Waals surface area (Å²) in [6.45, 7) is 0. The van der Waals surface area contributed by atoms with E-state index < -0.39 is 0 Å². The first kappa shape index (κ1) is 38.1. The molecule has 66 heavy (non-hydrogen) atoms. The highest BCUT2D eigenvalue weighted by Gasteiger charge is 2.20. The molecule has 11 aromatic carbocycles. The molecule has 0 saturated heterocycles. The van der Waals surface area contributed by atoms with Gasteiger partial charge in [-0.3, -0.25) is 0 Å². The van der Waals surface area contributed by atoms with Crippen LogP contribution in [0, 0.1) is 0 Å². The van der Waals surface area contributed by atoms with Crippen LogP contribution in [0.2, 0.25) is 0 Å². The molecule has 0 bridgehead atoms. The summed E-state index contributed by atoms with van der Waals surface area (Å²) in [6.07, 6.45) is 0. The summed E-state index contributed by atoms with van der Waals surface area (Å²) in [5.74, 6) is 0. The van der Waals surface area contributed by atoms with Crippen molar-refractivity contribution < 1.29 is 4.42 Å². The van der Waals surface area contributed by atoms with Crippen molar-refractivity contribution in [2.75, 3.05) is 9.80 Å². The number of thiophene rings is 1. The number of anilines is 6. The SMILES string of the molecule is c1ccc2c(N(c3ccc(-c4ccc(-c5ccc(N(c6ccc7sc8ccccc8c7c6)c6cccc7ccccc67)cc5)cc4)cc3)c3ccc4oc5ccccc5c4c3)cccc2c1. The first-order valence-electron chi connectivity index (χ1n) is 22.4. The van der Waals surface area contributed by atoms with Crippen LogP contribution in [0.15, 0.2) is 247 Å². The molecule has 0 aliphatic heterocycles. The number of benzene rings is 11. The van der Waals surface area contributed by atoms with E-state index in [0.29, 0.717) is 0 Å². The molecule has 310 valence electrons. The van der Waals surface area contributed by atoms with E-state index in [9.17, 15) is 0 Å². The molecular weight excluding hydrogens is 821 g/mol. The maximum absolute atomic E-state index is 6.23. The van der Waals surface area contributed by atoms with Crippen LogP contribution in [0.5, 0.6) is 0 Å². The van der Waals surface area contributed by atoms with Crippen LogP contribution in [0.3, 0.4) is 0 Å². The summed E-state index contributed by atoms with van der Waals surface area (Å²) >= 11 is 1.85. The van der Waals surface area contributed by atoms with Gasteiger partial charge in [0.25, 0.3) is 0 Å². The van der Waals surface area contributed by atoms with Crippen LogP contribution >= 0.6 is 11.3 Å². The zero-order valence-corrected chi connectivity index (χ0v) is 36.6. The van der Waals surface area contributed by atoms with E-state index in [1.54, 1.807) is 0 Å². The van der Waals surface area contributed by atoms with Crippen LogP contribution in [-0.2, 0) is 0 Å². The molecule has 0 N–H and O–H groups in total. The molecule has 13 aromatic rings. The Morgan fingerprint density at radius 1 is 0.273 bits per heavy atom. The standard InChI is InChI=1S/C62H40N2OS/c1-3-15-51-45(11-1)13-9-19-57(51)63(49-35-37-60-55(39-49)53-17-5-7-21-59(53)65-60)47-31-27-43(28-32-47)41-23-25-42(26-24-41)44-29-33-48(34-30-44)64(58-20-10-14-46-12-2-4-16-52(46)58)50-36-38-62-56(40-50)54-18-6-8-22-61(54)66-62/h1-40H. The second-order valence-corrected chi connectivity index (χ2v) is 18.0. The zero-order valence-electron chi connectivity index (χ0n) is 35.8. The quantitative estimate of drug-likeness (QED) is 0.152. The summed E-state index contributed by atoms with van der Waals surface area (Å²) in [5, 5.41) is 9.64. The highest BCUT2D eigenvalue weighted by atomic mass is 32.1. The molecule has 0 aliphatic carbocycles. The molecule has 0 atom stereocenters. The lowest BCUT2D eigenvalue weighted by Gasteiger charge is -2.27. The number of furan rings is 1. The maximum atomic E-state index is 6.23. The van der Waals surface area contributed by atoms with Gasteiger partial charge >= 0.3 is 0 Å². The number of hydrogen-bond acceptors (Lipinski definition) is 4.